The molecule has 0 aliphatic carbocycles. The van der Waals surface area contributed by atoms with E-state index in [2.05, 4.69) is 20.8 Å². The highest BCUT2D eigenvalue weighted by Gasteiger charge is 2.07. The molecule has 3 aromatic rings. The number of rotatable bonds is 7. The van der Waals surface area contributed by atoms with Crippen molar-refractivity contribution in [1.82, 2.24) is 10.2 Å². The van der Waals surface area contributed by atoms with Crippen LogP contribution in [-0.4, -0.2) is 29.8 Å². The third-order valence-corrected chi connectivity index (χ3v) is 4.07. The maximum atomic E-state index is 12.2. The van der Waals surface area contributed by atoms with Crippen molar-refractivity contribution in [2.45, 2.75) is 13.3 Å². The van der Waals surface area contributed by atoms with Gasteiger partial charge >= 0.3 is 0 Å². The molecule has 0 unspecified atom stereocenters. The molecule has 0 bridgehead atoms. The second-order valence-electron chi connectivity index (χ2n) is 6.15. The number of amides is 1. The van der Waals surface area contributed by atoms with Gasteiger partial charge in [-0.2, -0.15) is 0 Å². The molecule has 27 heavy (non-hydrogen) atoms. The van der Waals surface area contributed by atoms with Gasteiger partial charge in [-0.25, -0.2) is 0 Å². The average Bonchev–Trinajstić information content (AvgIpc) is 2.70. The molecular weight excluding hydrogens is 340 g/mol. The Balaban J connectivity index is 1.50. The molecule has 0 fully saturated rings. The number of carbonyl (C=O) groups is 1. The third kappa shape index (κ3) is 5.28. The normalized spacial score (nSPS) is 10.3. The summed E-state index contributed by atoms with van der Waals surface area (Å²) in [4.78, 5) is 12.2. The highest BCUT2D eigenvalue weighted by Crippen LogP contribution is 2.13. The minimum absolute atomic E-state index is 0.201. The fraction of sp³-hybridized carbons (Fsp3) is 0.190. The molecule has 1 amide bonds. The SMILES string of the molecule is COc1ccc(CCNc2ccc(NC(=O)c3cccc(C)c3)nn2)cc1. The lowest BCUT2D eigenvalue weighted by atomic mass is 10.1. The van der Waals surface area contributed by atoms with Gasteiger partial charge in [-0.15, -0.1) is 10.2 Å². The van der Waals surface area contributed by atoms with E-state index in [1.165, 1.54) is 5.56 Å². The lowest BCUT2D eigenvalue weighted by Gasteiger charge is -2.08. The van der Waals surface area contributed by atoms with Crippen molar-refractivity contribution in [2.75, 3.05) is 24.3 Å². The van der Waals surface area contributed by atoms with Crippen molar-refractivity contribution in [3.63, 3.8) is 0 Å². The Kier molecular flexibility index (Phi) is 5.99. The number of hydrogen-bond donors (Lipinski definition) is 2. The van der Waals surface area contributed by atoms with Crippen molar-refractivity contribution in [3.8, 4) is 5.75 Å². The summed E-state index contributed by atoms with van der Waals surface area (Å²) >= 11 is 0. The van der Waals surface area contributed by atoms with E-state index in [1.807, 2.05) is 49.4 Å². The number of methoxy groups -OCH3 is 1. The lowest BCUT2D eigenvalue weighted by molar-refractivity contribution is 0.102. The zero-order valence-electron chi connectivity index (χ0n) is 15.4. The second-order valence-corrected chi connectivity index (χ2v) is 6.15. The molecule has 0 radical (unpaired) electrons. The summed E-state index contributed by atoms with van der Waals surface area (Å²) < 4.78 is 5.15. The Morgan fingerprint density at radius 1 is 1.00 bits per heavy atom. The first-order chi connectivity index (χ1) is 13.1. The van der Waals surface area contributed by atoms with Crippen LogP contribution in [0.4, 0.5) is 11.6 Å². The molecule has 6 nitrogen and oxygen atoms in total. The molecule has 0 atom stereocenters. The largest absolute Gasteiger partial charge is 0.497 e. The van der Waals surface area contributed by atoms with Crippen LogP contribution in [0.25, 0.3) is 0 Å². The highest BCUT2D eigenvalue weighted by molar-refractivity contribution is 6.03. The van der Waals surface area contributed by atoms with Crippen molar-refractivity contribution in [2.24, 2.45) is 0 Å². The van der Waals surface area contributed by atoms with Crippen LogP contribution in [-0.2, 0) is 6.42 Å². The number of nitrogens with one attached hydrogen (secondary N) is 2. The van der Waals surface area contributed by atoms with Crippen LogP contribution in [0.2, 0.25) is 0 Å². The monoisotopic (exact) mass is 362 g/mol. The van der Waals surface area contributed by atoms with Gasteiger partial charge in [0.2, 0.25) is 0 Å². The second kappa shape index (κ2) is 8.80. The van der Waals surface area contributed by atoms with Crippen LogP contribution < -0.4 is 15.4 Å². The molecule has 3 rings (SSSR count). The molecule has 1 aromatic heterocycles. The van der Waals surface area contributed by atoms with E-state index in [1.54, 1.807) is 25.3 Å². The molecule has 138 valence electrons. The van der Waals surface area contributed by atoms with E-state index >= 15 is 0 Å². The van der Waals surface area contributed by atoms with Crippen molar-refractivity contribution < 1.29 is 9.53 Å². The summed E-state index contributed by atoms with van der Waals surface area (Å²) in [6.07, 6.45) is 0.859. The Morgan fingerprint density at radius 2 is 1.74 bits per heavy atom. The van der Waals surface area contributed by atoms with Crippen LogP contribution in [0.1, 0.15) is 21.5 Å². The Hall–Kier alpha value is -3.41. The summed E-state index contributed by atoms with van der Waals surface area (Å²) in [6.45, 7) is 2.68. The maximum Gasteiger partial charge on any atom is 0.256 e. The van der Waals surface area contributed by atoms with Crippen molar-refractivity contribution in [1.29, 1.82) is 0 Å². The molecule has 0 saturated carbocycles. The molecule has 0 saturated heterocycles. The van der Waals surface area contributed by atoms with E-state index in [9.17, 15) is 4.79 Å². The minimum Gasteiger partial charge on any atom is -0.497 e. The molecule has 2 aromatic carbocycles. The number of ether oxygens (including phenoxy) is 1. The molecule has 0 spiro atoms. The Labute approximate surface area is 158 Å². The predicted molar refractivity (Wildman–Crippen MR) is 106 cm³/mol. The molecule has 0 aliphatic heterocycles. The molecule has 2 N–H and O–H groups in total. The number of aromatic nitrogens is 2. The fourth-order valence-corrected chi connectivity index (χ4v) is 2.60. The first kappa shape index (κ1) is 18.4. The first-order valence-electron chi connectivity index (χ1n) is 8.72. The van der Waals surface area contributed by atoms with Gasteiger partial charge in [-0.1, -0.05) is 29.8 Å². The van der Waals surface area contributed by atoms with Crippen molar-refractivity contribution >= 4 is 17.5 Å². The van der Waals surface area contributed by atoms with Gasteiger partial charge in [-0.3, -0.25) is 4.79 Å². The molecule has 0 aliphatic rings. The van der Waals surface area contributed by atoms with Gasteiger partial charge in [0, 0.05) is 12.1 Å². The fourth-order valence-electron chi connectivity index (χ4n) is 2.60. The number of anilines is 2. The summed E-state index contributed by atoms with van der Waals surface area (Å²) in [5, 5.41) is 14.1. The van der Waals surface area contributed by atoms with Crippen molar-refractivity contribution in [3.05, 3.63) is 77.4 Å². The molecule has 6 heteroatoms. The summed E-state index contributed by atoms with van der Waals surface area (Å²) in [5.41, 5.74) is 2.84. The van der Waals surface area contributed by atoms with E-state index in [0.717, 1.165) is 24.3 Å². The molecular formula is C21H22N4O2. The van der Waals surface area contributed by atoms with Gasteiger partial charge in [0.05, 0.1) is 7.11 Å². The zero-order chi connectivity index (χ0) is 19.1. The number of nitrogens with zero attached hydrogens (tertiary/aromatic N) is 2. The summed E-state index contributed by atoms with van der Waals surface area (Å²) in [5.74, 6) is 1.73. The standard InChI is InChI=1S/C21H22N4O2/c1-15-4-3-5-17(14-15)21(26)23-20-11-10-19(24-25-20)22-13-12-16-6-8-18(27-2)9-7-16/h3-11,14H,12-13H2,1-2H3,(H,22,24)(H,23,25,26). The van der Waals surface area contributed by atoms with Crippen LogP contribution in [0, 0.1) is 6.92 Å². The van der Waals surface area contributed by atoms with Gasteiger partial charge in [-0.05, 0) is 55.3 Å². The van der Waals surface area contributed by atoms with E-state index in [0.29, 0.717) is 17.2 Å². The van der Waals surface area contributed by atoms with Crippen LogP contribution in [0.5, 0.6) is 5.75 Å². The summed E-state index contributed by atoms with van der Waals surface area (Å²) in [7, 11) is 1.65. The number of benzene rings is 2. The topological polar surface area (TPSA) is 76.1 Å². The van der Waals surface area contributed by atoms with Gasteiger partial charge < -0.3 is 15.4 Å². The maximum absolute atomic E-state index is 12.2. The predicted octanol–water partition coefficient (Wildman–Crippen LogP) is 3.70. The van der Waals surface area contributed by atoms with Crippen LogP contribution in [0.15, 0.2) is 60.7 Å². The van der Waals surface area contributed by atoms with E-state index in [4.69, 9.17) is 4.74 Å². The first-order valence-corrected chi connectivity index (χ1v) is 8.72. The van der Waals surface area contributed by atoms with Crippen LogP contribution in [0.3, 0.4) is 0 Å². The quantitative estimate of drug-likeness (QED) is 0.670. The van der Waals surface area contributed by atoms with E-state index < -0.39 is 0 Å². The average molecular weight is 362 g/mol. The smallest absolute Gasteiger partial charge is 0.256 e. The zero-order valence-corrected chi connectivity index (χ0v) is 15.4. The Morgan fingerprint density at radius 3 is 2.41 bits per heavy atom. The minimum atomic E-state index is -0.201. The third-order valence-electron chi connectivity index (χ3n) is 4.07. The lowest BCUT2D eigenvalue weighted by Crippen LogP contribution is -2.14. The number of hydrogen-bond acceptors (Lipinski definition) is 5. The van der Waals surface area contributed by atoms with E-state index in [-0.39, 0.29) is 5.91 Å². The van der Waals surface area contributed by atoms with Gasteiger partial charge in [0.1, 0.15) is 11.6 Å². The van der Waals surface area contributed by atoms with Gasteiger partial charge in [0.25, 0.3) is 5.91 Å². The van der Waals surface area contributed by atoms with Gasteiger partial charge in [0.15, 0.2) is 5.82 Å². The number of aryl methyl sites for hydroxylation is 1. The summed E-state index contributed by atoms with van der Waals surface area (Å²) in [6, 6.07) is 18.9. The van der Waals surface area contributed by atoms with Crippen LogP contribution >= 0.6 is 0 Å². The Bertz CT molecular complexity index is 893. The highest BCUT2D eigenvalue weighted by atomic mass is 16.5. The number of carbonyl (C=O) groups excluding carboxylic acids is 1. The molecule has 1 heterocycles.